The lowest BCUT2D eigenvalue weighted by atomic mass is 10.1. The summed E-state index contributed by atoms with van der Waals surface area (Å²) in [4.78, 5) is 35.0. The van der Waals surface area contributed by atoms with Gasteiger partial charge in [-0.1, -0.05) is 0 Å². The van der Waals surface area contributed by atoms with E-state index in [9.17, 15) is 51.4 Å². The van der Waals surface area contributed by atoms with Crippen molar-refractivity contribution >= 4 is 28.5 Å². The summed E-state index contributed by atoms with van der Waals surface area (Å²) in [5.74, 6) is -2.56. The maximum absolute atomic E-state index is 13.4. The zero-order chi connectivity index (χ0) is 24.0. The second-order valence-corrected chi connectivity index (χ2v) is 6.01. The van der Waals surface area contributed by atoms with E-state index >= 15 is 0 Å². The van der Waals surface area contributed by atoms with Gasteiger partial charge in [-0.3, -0.25) is 20.2 Å². The van der Waals surface area contributed by atoms with Crippen molar-refractivity contribution in [2.24, 2.45) is 0 Å². The Hall–Kier alpha value is -4.24. The summed E-state index contributed by atoms with van der Waals surface area (Å²) in [7, 11) is 0. The molecule has 0 bridgehead atoms. The number of hydrogen-bond acceptors (Lipinski definition) is 7. The lowest BCUT2D eigenvalue weighted by molar-refractivity contribution is -0.384. The van der Waals surface area contributed by atoms with Gasteiger partial charge >= 0.3 is 18.4 Å². The molecule has 0 aliphatic rings. The smallest absolute Gasteiger partial charge is 0.410 e. The fourth-order valence-electron chi connectivity index (χ4n) is 2.62. The third-order valence-corrected chi connectivity index (χ3v) is 3.95. The van der Waals surface area contributed by atoms with Crippen LogP contribution in [0, 0.1) is 20.2 Å². The van der Waals surface area contributed by atoms with Crippen LogP contribution in [0.25, 0.3) is 11.0 Å². The van der Waals surface area contributed by atoms with Gasteiger partial charge in [-0.2, -0.15) is 26.3 Å². The van der Waals surface area contributed by atoms with Crippen LogP contribution in [0.4, 0.5) is 42.5 Å². The van der Waals surface area contributed by atoms with Crippen molar-refractivity contribution in [3.63, 3.8) is 0 Å². The molecule has 168 valence electrons. The molecule has 0 atom stereocenters. The van der Waals surface area contributed by atoms with E-state index in [1.165, 1.54) is 0 Å². The number of carbonyl (C=O) groups is 1. The number of fused-ring (bicyclic) bond motifs is 1. The number of rotatable bonds is 3. The molecule has 16 heteroatoms. The number of carbonyl (C=O) groups excluding carboxylic acids is 1. The summed E-state index contributed by atoms with van der Waals surface area (Å²) in [6.45, 7) is 0. The molecule has 1 aromatic heterocycles. The minimum absolute atomic E-state index is 0.0124. The first kappa shape index (κ1) is 22.4. The summed E-state index contributed by atoms with van der Waals surface area (Å²) in [6, 6.07) is 3.49. The molecule has 1 heterocycles. The van der Waals surface area contributed by atoms with Crippen LogP contribution in [0.3, 0.4) is 0 Å². The standard InChI is InChI=1S/C16H6F6N4O6/c17-15(18,19)7-5-10-12(11(6-7)26(30)31)23-13(16(20,21)22)24(10)14(27)32-9-3-1-8(2-4-9)25(28)29/h1-6H. The number of ether oxygens (including phenoxy) is 1. The average Bonchev–Trinajstić information content (AvgIpc) is 3.07. The molecule has 0 radical (unpaired) electrons. The van der Waals surface area contributed by atoms with Gasteiger partial charge in [0.25, 0.3) is 11.4 Å². The number of nitro benzene ring substituents is 2. The first-order valence-electron chi connectivity index (χ1n) is 8.02. The molecule has 0 amide bonds. The van der Waals surface area contributed by atoms with Crippen LogP contribution >= 0.6 is 0 Å². The number of benzene rings is 2. The van der Waals surface area contributed by atoms with Crippen LogP contribution in [0.15, 0.2) is 36.4 Å². The summed E-state index contributed by atoms with van der Waals surface area (Å²) in [5, 5.41) is 21.8. The lowest BCUT2D eigenvalue weighted by Crippen LogP contribution is -2.24. The molecule has 0 aliphatic heterocycles. The maximum atomic E-state index is 13.4. The number of non-ortho nitro benzene ring substituents is 2. The molecule has 10 nitrogen and oxygen atoms in total. The second kappa shape index (κ2) is 7.47. The number of hydrogen-bond donors (Lipinski definition) is 0. The Kier molecular flexibility index (Phi) is 5.24. The highest BCUT2D eigenvalue weighted by Crippen LogP contribution is 2.39. The van der Waals surface area contributed by atoms with Gasteiger partial charge in [-0.05, 0) is 18.2 Å². The lowest BCUT2D eigenvalue weighted by Gasteiger charge is -2.11. The highest BCUT2D eigenvalue weighted by molar-refractivity contribution is 5.93. The van der Waals surface area contributed by atoms with Crippen molar-refractivity contribution in [3.8, 4) is 5.75 Å². The van der Waals surface area contributed by atoms with Crippen LogP contribution in [0.2, 0.25) is 0 Å². The molecule has 0 unspecified atom stereocenters. The van der Waals surface area contributed by atoms with Crippen molar-refractivity contribution in [2.75, 3.05) is 0 Å². The fraction of sp³-hybridized carbons (Fsp3) is 0.125. The van der Waals surface area contributed by atoms with Gasteiger partial charge < -0.3 is 4.74 Å². The van der Waals surface area contributed by atoms with E-state index in [-0.39, 0.29) is 16.7 Å². The number of aromatic nitrogens is 2. The van der Waals surface area contributed by atoms with Crippen molar-refractivity contribution < 1.29 is 45.7 Å². The first-order valence-corrected chi connectivity index (χ1v) is 8.02. The molecular weight excluding hydrogens is 458 g/mol. The first-order chi connectivity index (χ1) is 14.7. The van der Waals surface area contributed by atoms with E-state index in [0.29, 0.717) is 0 Å². The molecule has 0 fully saturated rings. The molecular formula is C16H6F6N4O6. The van der Waals surface area contributed by atoms with Crippen molar-refractivity contribution in [3.05, 3.63) is 68.0 Å². The van der Waals surface area contributed by atoms with Gasteiger partial charge in [0.15, 0.2) is 5.52 Å². The third-order valence-electron chi connectivity index (χ3n) is 3.95. The van der Waals surface area contributed by atoms with E-state index in [1.54, 1.807) is 0 Å². The fourth-order valence-corrected chi connectivity index (χ4v) is 2.62. The predicted octanol–water partition coefficient (Wildman–Crippen LogP) is 4.94. The molecule has 3 rings (SSSR count). The Morgan fingerprint density at radius 2 is 1.53 bits per heavy atom. The van der Waals surface area contributed by atoms with Gasteiger partial charge in [0.1, 0.15) is 5.75 Å². The Morgan fingerprint density at radius 1 is 0.938 bits per heavy atom. The summed E-state index contributed by atoms with van der Waals surface area (Å²) < 4.78 is 84.0. The van der Waals surface area contributed by atoms with Gasteiger partial charge in [0.05, 0.1) is 20.9 Å². The third kappa shape index (κ3) is 4.14. The molecule has 0 aliphatic carbocycles. The molecule has 3 aromatic rings. The number of imidazole rings is 1. The average molecular weight is 464 g/mol. The monoisotopic (exact) mass is 464 g/mol. The van der Waals surface area contributed by atoms with Crippen LogP contribution in [-0.4, -0.2) is 25.5 Å². The zero-order valence-corrected chi connectivity index (χ0v) is 15.0. The molecule has 32 heavy (non-hydrogen) atoms. The van der Waals surface area contributed by atoms with E-state index in [0.717, 1.165) is 24.3 Å². The Bertz CT molecular complexity index is 1250. The molecule has 0 N–H and O–H groups in total. The van der Waals surface area contributed by atoms with Crippen molar-refractivity contribution in [1.29, 1.82) is 0 Å². The highest BCUT2D eigenvalue weighted by Gasteiger charge is 2.43. The number of nitro groups is 2. The summed E-state index contributed by atoms with van der Waals surface area (Å²) >= 11 is 0. The number of halogens is 6. The Labute approximate surface area is 170 Å². The van der Waals surface area contributed by atoms with Crippen molar-refractivity contribution in [1.82, 2.24) is 9.55 Å². The number of alkyl halides is 6. The van der Waals surface area contributed by atoms with Crippen LogP contribution in [0.1, 0.15) is 11.4 Å². The highest BCUT2D eigenvalue weighted by atomic mass is 19.4. The molecule has 0 saturated carbocycles. The summed E-state index contributed by atoms with van der Waals surface area (Å²) in [6.07, 6.45) is -12.5. The minimum atomic E-state index is -5.42. The van der Waals surface area contributed by atoms with Crippen molar-refractivity contribution in [2.45, 2.75) is 12.4 Å². The van der Waals surface area contributed by atoms with Crippen LogP contribution in [-0.2, 0) is 12.4 Å². The van der Waals surface area contributed by atoms with E-state index in [1.807, 2.05) is 0 Å². The largest absolute Gasteiger partial charge is 0.450 e. The molecule has 2 aromatic carbocycles. The summed E-state index contributed by atoms with van der Waals surface area (Å²) in [5.41, 5.74) is -5.86. The topological polar surface area (TPSA) is 130 Å². The minimum Gasteiger partial charge on any atom is -0.410 e. The van der Waals surface area contributed by atoms with Crippen LogP contribution < -0.4 is 4.74 Å². The SMILES string of the molecule is O=C(Oc1ccc([N+](=O)[O-])cc1)n1c(C(F)(F)F)nc2c([N+](=O)[O-])cc(C(F)(F)F)cc21. The normalized spacial score (nSPS) is 12.1. The van der Waals surface area contributed by atoms with E-state index < -0.39 is 67.8 Å². The predicted molar refractivity (Wildman–Crippen MR) is 90.9 cm³/mol. The molecule has 0 saturated heterocycles. The number of nitrogens with zero attached hydrogens (tertiary/aromatic N) is 4. The van der Waals surface area contributed by atoms with Gasteiger partial charge in [-0.25, -0.2) is 14.3 Å². The molecule has 0 spiro atoms. The van der Waals surface area contributed by atoms with Gasteiger partial charge in [-0.15, -0.1) is 0 Å². The van der Waals surface area contributed by atoms with Gasteiger partial charge in [0, 0.05) is 18.2 Å². The Morgan fingerprint density at radius 3 is 2.00 bits per heavy atom. The Balaban J connectivity index is 2.23. The van der Waals surface area contributed by atoms with Crippen LogP contribution in [0.5, 0.6) is 5.75 Å². The van der Waals surface area contributed by atoms with E-state index in [2.05, 4.69) is 9.72 Å². The second-order valence-electron chi connectivity index (χ2n) is 6.01. The zero-order valence-electron chi connectivity index (χ0n) is 15.0. The maximum Gasteiger partial charge on any atom is 0.450 e. The van der Waals surface area contributed by atoms with E-state index in [4.69, 9.17) is 0 Å². The van der Waals surface area contributed by atoms with Gasteiger partial charge in [0.2, 0.25) is 5.82 Å². The quantitative estimate of drug-likeness (QED) is 0.305.